The molecule has 2 aliphatic heterocycles. The monoisotopic (exact) mass is 423 g/mol. The molecule has 1 saturated heterocycles. The molecule has 1 aromatic heterocycles. The van der Waals surface area contributed by atoms with Crippen LogP contribution in [0.4, 0.5) is 0 Å². The van der Waals surface area contributed by atoms with Gasteiger partial charge in [0.1, 0.15) is 11.5 Å². The highest BCUT2D eigenvalue weighted by molar-refractivity contribution is 5.65. The number of allylic oxidation sites excluding steroid dienone is 9. The first-order chi connectivity index (χ1) is 15.8. The molecule has 6 aliphatic rings. The van der Waals surface area contributed by atoms with E-state index in [1.54, 1.807) is 0 Å². The highest BCUT2D eigenvalue weighted by Crippen LogP contribution is 2.41. The molecule has 4 unspecified atom stereocenters. The Hall–Kier alpha value is -2.79. The SMILES string of the molecule is C1=CC2CC(C3=CN=N3)=CC=C2C=C1C1=Cc2nc(C3CC4CCCCC4N3)[nH]c2CC1. The summed E-state index contributed by atoms with van der Waals surface area (Å²) in [6, 6.07) is 1.10. The number of aryl methyl sites for hydroxylation is 1. The standard InChI is InChI=1S/C27H29N5/c1-2-4-22-20(3-1)14-25(29-22)27-30-23-10-9-19(13-24(23)31-27)17-5-6-18-12-21(26-15-28-32-26)8-7-16(18)11-17/h5-8,11,13,15,18,20,22,25,29H,1-4,9-10,12,14H2,(H,30,31). The number of H-pyrrole nitrogens is 1. The third kappa shape index (κ3) is 3.14. The zero-order chi connectivity index (χ0) is 21.1. The lowest BCUT2D eigenvalue weighted by atomic mass is 9.80. The van der Waals surface area contributed by atoms with Crippen molar-refractivity contribution in [3.05, 3.63) is 81.8 Å². The van der Waals surface area contributed by atoms with Crippen LogP contribution < -0.4 is 5.32 Å². The first kappa shape index (κ1) is 18.8. The third-order valence-corrected chi connectivity index (χ3v) is 8.20. The summed E-state index contributed by atoms with van der Waals surface area (Å²) in [7, 11) is 0. The molecule has 0 radical (unpaired) electrons. The number of nitrogens with zero attached hydrogens (tertiary/aromatic N) is 3. The molecule has 5 nitrogen and oxygen atoms in total. The minimum absolute atomic E-state index is 0.402. The van der Waals surface area contributed by atoms with Crippen molar-refractivity contribution in [2.45, 2.75) is 63.5 Å². The van der Waals surface area contributed by atoms with Crippen LogP contribution >= 0.6 is 0 Å². The van der Waals surface area contributed by atoms with Crippen molar-refractivity contribution in [3.8, 4) is 0 Å². The van der Waals surface area contributed by atoms with Crippen molar-refractivity contribution in [1.82, 2.24) is 15.3 Å². The van der Waals surface area contributed by atoms with Gasteiger partial charge in [-0.25, -0.2) is 4.98 Å². The summed E-state index contributed by atoms with van der Waals surface area (Å²) in [5.74, 6) is 2.45. The molecule has 1 saturated carbocycles. The molecule has 2 fully saturated rings. The van der Waals surface area contributed by atoms with Gasteiger partial charge in [-0.3, -0.25) is 0 Å². The van der Waals surface area contributed by atoms with E-state index >= 15 is 0 Å². The van der Waals surface area contributed by atoms with E-state index in [1.165, 1.54) is 60.1 Å². The van der Waals surface area contributed by atoms with E-state index in [9.17, 15) is 0 Å². The van der Waals surface area contributed by atoms with Gasteiger partial charge in [0.05, 0.1) is 17.9 Å². The minimum atomic E-state index is 0.402. The molecule has 7 rings (SSSR count). The average Bonchev–Trinajstić information content (AvgIpc) is 3.41. The molecule has 162 valence electrons. The molecule has 5 heteroatoms. The lowest BCUT2D eigenvalue weighted by Crippen LogP contribution is -2.30. The predicted molar refractivity (Wildman–Crippen MR) is 126 cm³/mol. The predicted octanol–water partition coefficient (Wildman–Crippen LogP) is 6.01. The van der Waals surface area contributed by atoms with Crippen molar-refractivity contribution in [1.29, 1.82) is 0 Å². The van der Waals surface area contributed by atoms with Gasteiger partial charge in [0.15, 0.2) is 0 Å². The Labute approximate surface area is 188 Å². The second kappa shape index (κ2) is 7.38. The molecule has 3 heterocycles. The van der Waals surface area contributed by atoms with Crippen molar-refractivity contribution in [2.24, 2.45) is 22.1 Å². The number of hydrogen-bond acceptors (Lipinski definition) is 4. The average molecular weight is 424 g/mol. The molecule has 0 bridgehead atoms. The van der Waals surface area contributed by atoms with Gasteiger partial charge < -0.3 is 10.3 Å². The summed E-state index contributed by atoms with van der Waals surface area (Å²) in [5, 5.41) is 11.9. The Balaban J connectivity index is 1.12. The summed E-state index contributed by atoms with van der Waals surface area (Å²) >= 11 is 0. The highest BCUT2D eigenvalue weighted by Gasteiger charge is 2.37. The number of hydrogen-bond donors (Lipinski definition) is 2. The van der Waals surface area contributed by atoms with Crippen molar-refractivity contribution in [2.75, 3.05) is 0 Å². The lowest BCUT2D eigenvalue weighted by molar-refractivity contribution is 0.325. The maximum atomic E-state index is 5.07. The van der Waals surface area contributed by atoms with Crippen LogP contribution in [0.5, 0.6) is 0 Å². The maximum absolute atomic E-state index is 5.07. The van der Waals surface area contributed by atoms with Gasteiger partial charge in [-0.2, -0.15) is 5.11 Å². The van der Waals surface area contributed by atoms with Crippen LogP contribution in [0.1, 0.15) is 68.2 Å². The number of aromatic amines is 1. The maximum Gasteiger partial charge on any atom is 0.124 e. The molecule has 0 aromatic carbocycles. The Morgan fingerprint density at radius 3 is 2.81 bits per heavy atom. The summed E-state index contributed by atoms with van der Waals surface area (Å²) < 4.78 is 0. The van der Waals surface area contributed by atoms with Crippen LogP contribution in [-0.2, 0) is 6.42 Å². The number of imidazole rings is 1. The van der Waals surface area contributed by atoms with Crippen molar-refractivity contribution >= 4 is 6.08 Å². The molecule has 4 atom stereocenters. The van der Waals surface area contributed by atoms with Gasteiger partial charge in [0, 0.05) is 17.7 Å². The van der Waals surface area contributed by atoms with E-state index in [-0.39, 0.29) is 0 Å². The lowest BCUT2D eigenvalue weighted by Gasteiger charge is -2.26. The van der Waals surface area contributed by atoms with Gasteiger partial charge in [-0.05, 0) is 72.8 Å². The molecule has 0 amide bonds. The second-order valence-corrected chi connectivity index (χ2v) is 10.1. The summed E-state index contributed by atoms with van der Waals surface area (Å²) in [6.45, 7) is 0. The van der Waals surface area contributed by atoms with Gasteiger partial charge in [0.25, 0.3) is 0 Å². The molecular weight excluding hydrogens is 394 g/mol. The van der Waals surface area contributed by atoms with Gasteiger partial charge >= 0.3 is 0 Å². The quantitative estimate of drug-likeness (QED) is 0.625. The minimum Gasteiger partial charge on any atom is -0.344 e. The van der Waals surface area contributed by atoms with Gasteiger partial charge in [0.2, 0.25) is 0 Å². The molecule has 1 aromatic rings. The number of azo groups is 1. The molecule has 0 spiro atoms. The Kier molecular flexibility index (Phi) is 4.32. The Bertz CT molecular complexity index is 1170. The number of rotatable bonds is 3. The fraction of sp³-hybridized carbons (Fsp3) is 0.444. The van der Waals surface area contributed by atoms with Crippen LogP contribution in [0, 0.1) is 11.8 Å². The summed E-state index contributed by atoms with van der Waals surface area (Å²) in [6.07, 6.45) is 25.6. The fourth-order valence-corrected chi connectivity index (χ4v) is 6.35. The van der Waals surface area contributed by atoms with Crippen LogP contribution in [0.3, 0.4) is 0 Å². The summed E-state index contributed by atoms with van der Waals surface area (Å²) in [4.78, 5) is 8.75. The molecule has 32 heavy (non-hydrogen) atoms. The molecular formula is C27H29N5. The van der Waals surface area contributed by atoms with Crippen molar-refractivity contribution in [3.63, 3.8) is 0 Å². The number of nitrogens with one attached hydrogen (secondary N) is 2. The van der Waals surface area contributed by atoms with E-state index < -0.39 is 0 Å². The van der Waals surface area contributed by atoms with E-state index in [0.29, 0.717) is 18.0 Å². The van der Waals surface area contributed by atoms with E-state index in [1.807, 2.05) is 6.20 Å². The van der Waals surface area contributed by atoms with Gasteiger partial charge in [-0.15, -0.1) is 5.11 Å². The van der Waals surface area contributed by atoms with E-state index in [2.05, 4.69) is 57.0 Å². The van der Waals surface area contributed by atoms with Gasteiger partial charge in [-0.1, -0.05) is 43.2 Å². The first-order valence-electron chi connectivity index (χ1n) is 12.3. The smallest absolute Gasteiger partial charge is 0.124 e. The van der Waals surface area contributed by atoms with Crippen LogP contribution in [0.15, 0.2) is 74.8 Å². The van der Waals surface area contributed by atoms with E-state index in [4.69, 9.17) is 4.98 Å². The molecule has 2 N–H and O–H groups in total. The van der Waals surface area contributed by atoms with Crippen LogP contribution in [-0.4, -0.2) is 16.0 Å². The Morgan fingerprint density at radius 1 is 1.00 bits per heavy atom. The molecule has 4 aliphatic carbocycles. The summed E-state index contributed by atoms with van der Waals surface area (Å²) in [5.41, 5.74) is 8.94. The normalized spacial score (nSPS) is 32.6. The number of aromatic nitrogens is 2. The van der Waals surface area contributed by atoms with Crippen LogP contribution in [0.25, 0.3) is 6.08 Å². The zero-order valence-corrected chi connectivity index (χ0v) is 18.3. The topological polar surface area (TPSA) is 65.4 Å². The van der Waals surface area contributed by atoms with Crippen LogP contribution in [0.2, 0.25) is 0 Å². The fourth-order valence-electron chi connectivity index (χ4n) is 6.35. The zero-order valence-electron chi connectivity index (χ0n) is 18.3. The van der Waals surface area contributed by atoms with Crippen molar-refractivity contribution < 1.29 is 0 Å². The second-order valence-electron chi connectivity index (χ2n) is 10.1. The van der Waals surface area contributed by atoms with E-state index in [0.717, 1.165) is 42.4 Å². The third-order valence-electron chi connectivity index (χ3n) is 8.20. The largest absolute Gasteiger partial charge is 0.344 e. The first-order valence-corrected chi connectivity index (χ1v) is 12.3. The Morgan fingerprint density at radius 2 is 1.94 bits per heavy atom. The highest BCUT2D eigenvalue weighted by atomic mass is 15.2. The number of fused-ring (bicyclic) bond motifs is 3.